The van der Waals surface area contributed by atoms with Gasteiger partial charge in [0.15, 0.2) is 0 Å². The van der Waals surface area contributed by atoms with E-state index in [-0.39, 0.29) is 5.56 Å². The second-order valence-corrected chi connectivity index (χ2v) is 6.76. The van der Waals surface area contributed by atoms with Gasteiger partial charge in [-0.3, -0.25) is 4.99 Å². The number of carbonyl (C=O) groups is 1. The number of fused-ring (bicyclic) bond motifs is 1. The molecule has 29 heavy (non-hydrogen) atoms. The van der Waals surface area contributed by atoms with Gasteiger partial charge in [0.2, 0.25) is 0 Å². The van der Waals surface area contributed by atoms with Gasteiger partial charge in [-0.05, 0) is 42.5 Å². The molecule has 4 aromatic rings. The number of anilines is 2. The zero-order valence-corrected chi connectivity index (χ0v) is 16.0. The lowest BCUT2D eigenvalue weighted by Gasteiger charge is -2.12. The summed E-state index contributed by atoms with van der Waals surface area (Å²) in [6, 6.07) is 23.6. The number of nitrogens with one attached hydrogen (secondary N) is 1. The first-order chi connectivity index (χ1) is 14.1. The van der Waals surface area contributed by atoms with Gasteiger partial charge in [0.05, 0.1) is 40.1 Å². The van der Waals surface area contributed by atoms with E-state index in [1.165, 1.54) is 0 Å². The molecule has 6 heteroatoms. The van der Waals surface area contributed by atoms with Crippen LogP contribution in [0.5, 0.6) is 0 Å². The number of nitrogens with zero attached hydrogens (tertiary/aromatic N) is 2. The fourth-order valence-electron chi connectivity index (χ4n) is 2.93. The molecule has 0 radical (unpaired) electrons. The van der Waals surface area contributed by atoms with Crippen molar-refractivity contribution in [2.24, 2.45) is 4.99 Å². The highest BCUT2D eigenvalue weighted by Gasteiger charge is 2.11. The maximum atomic E-state index is 11.5. The Labute approximate surface area is 172 Å². The molecule has 0 aliphatic rings. The summed E-state index contributed by atoms with van der Waals surface area (Å²) in [5.41, 5.74) is 3.46. The molecule has 0 spiro atoms. The van der Waals surface area contributed by atoms with Crippen LogP contribution in [-0.2, 0) is 0 Å². The summed E-state index contributed by atoms with van der Waals surface area (Å²) in [5, 5.41) is 14.1. The van der Waals surface area contributed by atoms with Crippen molar-refractivity contribution >= 4 is 51.7 Å². The van der Waals surface area contributed by atoms with Gasteiger partial charge in [-0.15, -0.1) is 0 Å². The number of aliphatic imine (C=N–C) groups is 1. The molecule has 0 aliphatic carbocycles. The van der Waals surface area contributed by atoms with Crippen LogP contribution in [0.25, 0.3) is 10.9 Å². The van der Waals surface area contributed by atoms with Gasteiger partial charge >= 0.3 is 5.97 Å². The number of hydrogen-bond acceptors (Lipinski definition) is 4. The van der Waals surface area contributed by atoms with Crippen molar-refractivity contribution in [1.29, 1.82) is 0 Å². The van der Waals surface area contributed by atoms with Crippen LogP contribution in [0.2, 0.25) is 5.02 Å². The molecule has 0 bridgehead atoms. The summed E-state index contributed by atoms with van der Waals surface area (Å²) < 4.78 is 0. The van der Waals surface area contributed by atoms with E-state index in [9.17, 15) is 9.90 Å². The number of aromatic nitrogens is 1. The van der Waals surface area contributed by atoms with Gasteiger partial charge < -0.3 is 10.4 Å². The molecule has 1 heterocycles. The van der Waals surface area contributed by atoms with Crippen LogP contribution in [0.4, 0.5) is 17.1 Å². The number of rotatable bonds is 5. The smallest absolute Gasteiger partial charge is 0.337 e. The summed E-state index contributed by atoms with van der Waals surface area (Å²) in [7, 11) is 0. The lowest BCUT2D eigenvalue weighted by Crippen LogP contribution is -2.02. The Hall–Kier alpha value is -3.70. The van der Waals surface area contributed by atoms with E-state index in [4.69, 9.17) is 11.6 Å². The van der Waals surface area contributed by atoms with Crippen LogP contribution in [0.3, 0.4) is 0 Å². The molecule has 3 aromatic carbocycles. The predicted octanol–water partition coefficient (Wildman–Crippen LogP) is 6.08. The van der Waals surface area contributed by atoms with Gasteiger partial charge in [-0.25, -0.2) is 9.78 Å². The van der Waals surface area contributed by atoms with Gasteiger partial charge in [-0.2, -0.15) is 0 Å². The largest absolute Gasteiger partial charge is 0.478 e. The summed E-state index contributed by atoms with van der Waals surface area (Å²) in [6.45, 7) is 0. The Morgan fingerprint density at radius 1 is 0.966 bits per heavy atom. The minimum Gasteiger partial charge on any atom is -0.478 e. The summed E-state index contributed by atoms with van der Waals surface area (Å²) >= 11 is 6.15. The highest BCUT2D eigenvalue weighted by molar-refractivity contribution is 6.31. The van der Waals surface area contributed by atoms with E-state index in [1.807, 2.05) is 36.4 Å². The fraction of sp³-hybridized carbons (Fsp3) is 0. The maximum Gasteiger partial charge on any atom is 0.337 e. The molecular weight excluding hydrogens is 386 g/mol. The third-order valence-electron chi connectivity index (χ3n) is 4.34. The third kappa shape index (κ3) is 4.25. The molecule has 0 amide bonds. The van der Waals surface area contributed by atoms with E-state index >= 15 is 0 Å². The molecule has 1 aromatic heterocycles. The van der Waals surface area contributed by atoms with E-state index in [0.717, 1.165) is 10.9 Å². The SMILES string of the molecule is O=C(O)c1ccccc1Nc1ccc(Cl)cc1N=Cc1ccc2ccccc2n1. The summed E-state index contributed by atoms with van der Waals surface area (Å²) in [5.74, 6) is -1.01. The van der Waals surface area contributed by atoms with Crippen LogP contribution in [-0.4, -0.2) is 22.3 Å². The van der Waals surface area contributed by atoms with Gasteiger partial charge in [0, 0.05) is 10.4 Å². The third-order valence-corrected chi connectivity index (χ3v) is 4.58. The average molecular weight is 402 g/mol. The number of para-hydroxylation sites is 2. The predicted molar refractivity (Wildman–Crippen MR) is 117 cm³/mol. The molecule has 4 rings (SSSR count). The van der Waals surface area contributed by atoms with E-state index in [2.05, 4.69) is 15.3 Å². The fourth-order valence-corrected chi connectivity index (χ4v) is 3.10. The normalized spacial score (nSPS) is 11.1. The van der Waals surface area contributed by atoms with E-state index < -0.39 is 5.97 Å². The molecule has 0 saturated heterocycles. The number of pyridine rings is 1. The molecule has 0 aliphatic heterocycles. The van der Waals surface area contributed by atoms with Crippen LogP contribution < -0.4 is 5.32 Å². The second-order valence-electron chi connectivity index (χ2n) is 6.32. The zero-order chi connectivity index (χ0) is 20.2. The van der Waals surface area contributed by atoms with Crippen molar-refractivity contribution in [1.82, 2.24) is 4.98 Å². The van der Waals surface area contributed by atoms with Crippen molar-refractivity contribution in [2.75, 3.05) is 5.32 Å². The molecule has 0 fully saturated rings. The van der Waals surface area contributed by atoms with Gasteiger partial charge in [0.1, 0.15) is 0 Å². The zero-order valence-electron chi connectivity index (χ0n) is 15.2. The van der Waals surface area contributed by atoms with Crippen LogP contribution in [0.1, 0.15) is 16.1 Å². The average Bonchev–Trinajstić information content (AvgIpc) is 2.74. The number of aromatic carboxylic acids is 1. The Bertz CT molecular complexity index is 1240. The maximum absolute atomic E-state index is 11.5. The number of hydrogen-bond donors (Lipinski definition) is 2. The van der Waals surface area contributed by atoms with Crippen molar-refractivity contribution in [3.8, 4) is 0 Å². The first-order valence-electron chi connectivity index (χ1n) is 8.89. The second kappa shape index (κ2) is 8.12. The molecule has 0 unspecified atom stereocenters. The molecule has 5 nitrogen and oxygen atoms in total. The van der Waals surface area contributed by atoms with Crippen LogP contribution in [0, 0.1) is 0 Å². The van der Waals surface area contributed by atoms with Crippen molar-refractivity contribution < 1.29 is 9.90 Å². The van der Waals surface area contributed by atoms with Gasteiger partial charge in [0.25, 0.3) is 0 Å². The highest BCUT2D eigenvalue weighted by atomic mass is 35.5. The molecule has 0 saturated carbocycles. The standard InChI is InChI=1S/C23H16ClN3O2/c24-16-10-12-21(27-20-8-4-2-6-18(20)23(28)29)22(13-16)25-14-17-11-9-15-5-1-3-7-19(15)26-17/h1-14,27H,(H,28,29). The minimum atomic E-state index is -1.01. The number of halogens is 1. The number of carboxylic acids is 1. The Balaban J connectivity index is 1.68. The van der Waals surface area contributed by atoms with Crippen molar-refractivity contribution in [3.63, 3.8) is 0 Å². The van der Waals surface area contributed by atoms with Crippen molar-refractivity contribution in [3.05, 3.63) is 95.1 Å². The molecular formula is C23H16ClN3O2. The minimum absolute atomic E-state index is 0.175. The molecule has 2 N–H and O–H groups in total. The first kappa shape index (κ1) is 18.7. The monoisotopic (exact) mass is 401 g/mol. The topological polar surface area (TPSA) is 74.6 Å². The Morgan fingerprint density at radius 3 is 2.62 bits per heavy atom. The Morgan fingerprint density at radius 2 is 1.76 bits per heavy atom. The van der Waals surface area contributed by atoms with Crippen molar-refractivity contribution in [2.45, 2.75) is 0 Å². The van der Waals surface area contributed by atoms with Gasteiger partial charge in [-0.1, -0.05) is 48.0 Å². The lowest BCUT2D eigenvalue weighted by molar-refractivity contribution is 0.0698. The molecule has 142 valence electrons. The molecule has 0 atom stereocenters. The van der Waals surface area contributed by atoms with E-state index in [0.29, 0.717) is 27.8 Å². The van der Waals surface area contributed by atoms with Crippen LogP contribution >= 0.6 is 11.6 Å². The number of benzene rings is 3. The summed E-state index contributed by atoms with van der Waals surface area (Å²) in [4.78, 5) is 20.6. The van der Waals surface area contributed by atoms with E-state index in [1.54, 1.807) is 48.7 Å². The number of carboxylic acid groups (broad SMARTS) is 1. The van der Waals surface area contributed by atoms with Crippen LogP contribution in [0.15, 0.2) is 83.9 Å². The Kier molecular flexibility index (Phi) is 5.22. The first-order valence-corrected chi connectivity index (χ1v) is 9.27. The quantitative estimate of drug-likeness (QED) is 0.397. The summed E-state index contributed by atoms with van der Waals surface area (Å²) in [6.07, 6.45) is 1.66. The highest BCUT2D eigenvalue weighted by Crippen LogP contribution is 2.32. The lowest BCUT2D eigenvalue weighted by atomic mass is 10.1.